The Labute approximate surface area is 167 Å². The lowest BCUT2D eigenvalue weighted by Gasteiger charge is -2.39. The average Bonchev–Trinajstić information content (AvgIpc) is 2.68. The normalized spacial score (nSPS) is 14.9. The van der Waals surface area contributed by atoms with Crippen molar-refractivity contribution in [2.75, 3.05) is 35.2 Å². The van der Waals surface area contributed by atoms with E-state index in [1.807, 2.05) is 13.0 Å². The molecule has 3 N–H and O–H groups in total. The van der Waals surface area contributed by atoms with Gasteiger partial charge in [-0.05, 0) is 24.6 Å². The highest BCUT2D eigenvalue weighted by atomic mass is 19.1. The van der Waals surface area contributed by atoms with E-state index in [4.69, 9.17) is 0 Å². The van der Waals surface area contributed by atoms with Gasteiger partial charge in [-0.3, -0.25) is 4.98 Å². The van der Waals surface area contributed by atoms with Crippen LogP contribution in [0.2, 0.25) is 0 Å². The van der Waals surface area contributed by atoms with Gasteiger partial charge in [-0.25, -0.2) is 9.37 Å². The highest BCUT2D eigenvalue weighted by Crippen LogP contribution is 2.27. The lowest BCUT2D eigenvalue weighted by molar-refractivity contribution is 0.200. The maximum Gasteiger partial charge on any atom is 0.227 e. The van der Waals surface area contributed by atoms with Gasteiger partial charge in [0.05, 0.1) is 12.2 Å². The fraction of sp³-hybridized carbons (Fsp3) is 0.300. The number of hydrogen-bond donors (Lipinski definition) is 3. The van der Waals surface area contributed by atoms with Gasteiger partial charge < -0.3 is 20.6 Å². The highest BCUT2D eigenvalue weighted by Gasteiger charge is 2.28. The summed E-state index contributed by atoms with van der Waals surface area (Å²) in [5, 5.41) is 15.7. The molecule has 0 aliphatic carbocycles. The van der Waals surface area contributed by atoms with Crippen LogP contribution in [-0.4, -0.2) is 44.7 Å². The number of nitrogens with zero attached hydrogens (tertiary/aromatic N) is 5. The minimum Gasteiger partial charge on any atom is -0.396 e. The summed E-state index contributed by atoms with van der Waals surface area (Å²) in [4.78, 5) is 19.5. The Kier molecular flexibility index (Phi) is 5.48. The van der Waals surface area contributed by atoms with Crippen molar-refractivity contribution in [3.63, 3.8) is 0 Å². The van der Waals surface area contributed by atoms with E-state index in [1.165, 1.54) is 12.1 Å². The van der Waals surface area contributed by atoms with E-state index in [1.54, 1.807) is 30.7 Å². The minimum atomic E-state index is -0.272. The number of halogens is 1. The van der Waals surface area contributed by atoms with Gasteiger partial charge in [-0.1, -0.05) is 12.1 Å². The first-order valence-corrected chi connectivity index (χ1v) is 9.40. The van der Waals surface area contributed by atoms with Crippen molar-refractivity contribution < 1.29 is 9.50 Å². The summed E-state index contributed by atoms with van der Waals surface area (Å²) in [7, 11) is 0. The highest BCUT2D eigenvalue weighted by molar-refractivity contribution is 5.60. The lowest BCUT2D eigenvalue weighted by Crippen LogP contribution is -2.48. The zero-order valence-electron chi connectivity index (χ0n) is 16.0. The molecule has 0 unspecified atom stereocenters. The van der Waals surface area contributed by atoms with Crippen LogP contribution in [0.4, 0.5) is 27.8 Å². The molecule has 1 aliphatic rings. The molecule has 0 radical (unpaired) electrons. The second kappa shape index (κ2) is 8.36. The van der Waals surface area contributed by atoms with E-state index in [0.717, 1.165) is 24.5 Å². The first-order chi connectivity index (χ1) is 14.1. The van der Waals surface area contributed by atoms with Crippen LogP contribution in [0.25, 0.3) is 0 Å². The minimum absolute atomic E-state index is 0.114. The SMILES string of the molecule is C[C@H](Nc1nc(Nc2cnccn2)cc(N2CC(CO)C2)n1)c1ccc(F)cc1. The molecule has 1 saturated heterocycles. The van der Waals surface area contributed by atoms with Crippen LogP contribution in [0, 0.1) is 11.7 Å². The largest absolute Gasteiger partial charge is 0.396 e. The Bertz CT molecular complexity index is 949. The molecule has 0 bridgehead atoms. The average molecular weight is 395 g/mol. The van der Waals surface area contributed by atoms with Gasteiger partial charge >= 0.3 is 0 Å². The molecular weight excluding hydrogens is 373 g/mol. The Hall–Kier alpha value is -3.33. The number of hydrogen-bond acceptors (Lipinski definition) is 8. The summed E-state index contributed by atoms with van der Waals surface area (Å²) in [5.41, 5.74) is 0.924. The third kappa shape index (κ3) is 4.57. The summed E-state index contributed by atoms with van der Waals surface area (Å²) in [6.45, 7) is 3.61. The van der Waals surface area contributed by atoms with E-state index in [0.29, 0.717) is 17.6 Å². The van der Waals surface area contributed by atoms with Gasteiger partial charge in [0.25, 0.3) is 0 Å². The smallest absolute Gasteiger partial charge is 0.227 e. The maximum absolute atomic E-state index is 13.2. The van der Waals surface area contributed by atoms with E-state index in [2.05, 4.69) is 35.5 Å². The fourth-order valence-corrected chi connectivity index (χ4v) is 3.12. The van der Waals surface area contributed by atoms with Gasteiger partial charge in [0.1, 0.15) is 23.3 Å². The molecule has 1 aromatic carbocycles. The Morgan fingerprint density at radius 3 is 2.66 bits per heavy atom. The fourth-order valence-electron chi connectivity index (χ4n) is 3.12. The first-order valence-electron chi connectivity index (χ1n) is 9.40. The topological polar surface area (TPSA) is 99.1 Å². The Morgan fingerprint density at radius 1 is 1.17 bits per heavy atom. The molecule has 0 amide bonds. The summed E-state index contributed by atoms with van der Waals surface area (Å²) in [5.74, 6) is 2.34. The van der Waals surface area contributed by atoms with Crippen molar-refractivity contribution in [2.45, 2.75) is 13.0 Å². The van der Waals surface area contributed by atoms with Gasteiger partial charge in [-0.2, -0.15) is 9.97 Å². The number of nitrogens with one attached hydrogen (secondary N) is 2. The summed E-state index contributed by atoms with van der Waals surface area (Å²) in [6.07, 6.45) is 4.81. The van der Waals surface area contributed by atoms with Crippen LogP contribution in [0.1, 0.15) is 18.5 Å². The van der Waals surface area contributed by atoms with Crippen LogP contribution in [-0.2, 0) is 0 Å². The monoisotopic (exact) mass is 395 g/mol. The van der Waals surface area contributed by atoms with Crippen LogP contribution < -0.4 is 15.5 Å². The standard InChI is InChI=1S/C20H22FN7O/c1-13(15-2-4-16(21)5-3-15)24-20-26-17(25-18-9-22-6-7-23-18)8-19(27-20)28-10-14(11-28)12-29/h2-9,13-14,29H,10-12H2,1H3,(H2,23,24,25,26,27)/t13-/m0/s1. The molecule has 29 heavy (non-hydrogen) atoms. The number of rotatable bonds is 7. The predicted molar refractivity (Wildman–Crippen MR) is 109 cm³/mol. The van der Waals surface area contributed by atoms with Gasteiger partial charge in [0, 0.05) is 44.1 Å². The molecule has 8 nitrogen and oxygen atoms in total. The first kappa shape index (κ1) is 19.0. The molecule has 1 aliphatic heterocycles. The number of anilines is 4. The van der Waals surface area contributed by atoms with Crippen LogP contribution >= 0.6 is 0 Å². The maximum atomic E-state index is 13.2. The third-order valence-electron chi connectivity index (χ3n) is 4.79. The zero-order valence-corrected chi connectivity index (χ0v) is 16.0. The predicted octanol–water partition coefficient (Wildman–Crippen LogP) is 2.75. The number of benzene rings is 1. The molecule has 0 spiro atoms. The van der Waals surface area contributed by atoms with Crippen LogP contribution in [0.5, 0.6) is 0 Å². The van der Waals surface area contributed by atoms with Crippen molar-refractivity contribution in [2.24, 2.45) is 5.92 Å². The molecule has 1 fully saturated rings. The molecule has 4 rings (SSSR count). The molecule has 0 saturated carbocycles. The zero-order chi connectivity index (χ0) is 20.2. The van der Waals surface area contributed by atoms with E-state index < -0.39 is 0 Å². The van der Waals surface area contributed by atoms with Crippen molar-refractivity contribution >= 4 is 23.4 Å². The van der Waals surface area contributed by atoms with E-state index >= 15 is 0 Å². The molecular formula is C20H22FN7O. The molecule has 150 valence electrons. The lowest BCUT2D eigenvalue weighted by atomic mass is 10.0. The summed E-state index contributed by atoms with van der Waals surface area (Å²) >= 11 is 0. The number of aliphatic hydroxyl groups excluding tert-OH is 1. The van der Waals surface area contributed by atoms with Crippen LogP contribution in [0.3, 0.4) is 0 Å². The van der Waals surface area contributed by atoms with Gasteiger partial charge in [0.2, 0.25) is 5.95 Å². The van der Waals surface area contributed by atoms with Gasteiger partial charge in [0.15, 0.2) is 0 Å². The van der Waals surface area contributed by atoms with Gasteiger partial charge in [-0.15, -0.1) is 0 Å². The summed E-state index contributed by atoms with van der Waals surface area (Å²) < 4.78 is 13.2. The second-order valence-corrected chi connectivity index (χ2v) is 7.02. The van der Waals surface area contributed by atoms with Crippen molar-refractivity contribution in [3.05, 3.63) is 60.3 Å². The van der Waals surface area contributed by atoms with E-state index in [9.17, 15) is 9.50 Å². The molecule has 3 heterocycles. The molecule has 1 atom stereocenters. The van der Waals surface area contributed by atoms with Crippen molar-refractivity contribution in [3.8, 4) is 0 Å². The van der Waals surface area contributed by atoms with Crippen LogP contribution in [0.15, 0.2) is 48.9 Å². The number of aliphatic hydroxyl groups is 1. The third-order valence-corrected chi connectivity index (χ3v) is 4.79. The Balaban J connectivity index is 1.57. The summed E-state index contributed by atoms with van der Waals surface area (Å²) in [6, 6.07) is 8.06. The van der Waals surface area contributed by atoms with Crippen molar-refractivity contribution in [1.29, 1.82) is 0 Å². The molecule has 9 heteroatoms. The van der Waals surface area contributed by atoms with E-state index in [-0.39, 0.29) is 24.4 Å². The molecule has 3 aromatic rings. The van der Waals surface area contributed by atoms with Crippen molar-refractivity contribution in [1.82, 2.24) is 19.9 Å². The number of aromatic nitrogens is 4. The molecule has 2 aromatic heterocycles. The second-order valence-electron chi connectivity index (χ2n) is 7.02. The Morgan fingerprint density at radius 2 is 1.97 bits per heavy atom. The quantitative estimate of drug-likeness (QED) is 0.562.